The lowest BCUT2D eigenvalue weighted by Crippen LogP contribution is -2.00. The molecule has 0 aliphatic heterocycles. The van der Waals surface area contributed by atoms with Gasteiger partial charge in [-0.2, -0.15) is 0 Å². The third-order valence-corrected chi connectivity index (χ3v) is 4.05. The summed E-state index contributed by atoms with van der Waals surface area (Å²) in [5.41, 5.74) is 0. The maximum atomic E-state index is 5.67. The normalized spacial score (nSPS) is 10.9. The third-order valence-electron chi connectivity index (χ3n) is 3.08. The van der Waals surface area contributed by atoms with Crippen molar-refractivity contribution in [2.75, 3.05) is 6.61 Å². The highest BCUT2D eigenvalue weighted by atomic mass is 28.2. The molecule has 0 aromatic carbocycles. The van der Waals surface area contributed by atoms with Crippen molar-refractivity contribution < 1.29 is 4.43 Å². The number of hydrogen-bond acceptors (Lipinski definition) is 1. The van der Waals surface area contributed by atoms with Gasteiger partial charge in [0, 0.05) is 6.61 Å². The summed E-state index contributed by atoms with van der Waals surface area (Å²) in [6.07, 6.45) is 15.1. The van der Waals surface area contributed by atoms with Crippen molar-refractivity contribution in [3.05, 3.63) is 0 Å². The molecule has 0 bridgehead atoms. The highest BCUT2D eigenvalue weighted by Crippen LogP contribution is 2.07. The predicted octanol–water partition coefficient (Wildman–Crippen LogP) is 5.37. The van der Waals surface area contributed by atoms with Gasteiger partial charge in [-0.15, -0.1) is 0 Å². The van der Waals surface area contributed by atoms with Crippen molar-refractivity contribution in [1.29, 1.82) is 0 Å². The van der Waals surface area contributed by atoms with E-state index in [2.05, 4.69) is 13.8 Å². The van der Waals surface area contributed by atoms with E-state index in [4.69, 9.17) is 4.43 Å². The van der Waals surface area contributed by atoms with Crippen LogP contribution in [0.25, 0.3) is 0 Å². The van der Waals surface area contributed by atoms with Gasteiger partial charge in [-0.3, -0.25) is 0 Å². The SMILES string of the molecule is CCCCCCCCCO[Si]CCCCCC. The lowest BCUT2D eigenvalue weighted by Gasteiger charge is -2.03. The molecular weight excluding hydrogens is 224 g/mol. The lowest BCUT2D eigenvalue weighted by atomic mass is 10.1. The highest BCUT2D eigenvalue weighted by molar-refractivity contribution is 6.26. The molecule has 0 heterocycles. The van der Waals surface area contributed by atoms with Crippen LogP contribution in [0.2, 0.25) is 6.04 Å². The van der Waals surface area contributed by atoms with Crippen LogP contribution in [-0.4, -0.2) is 16.4 Å². The minimum Gasteiger partial charge on any atom is -0.417 e. The Labute approximate surface area is 112 Å². The van der Waals surface area contributed by atoms with Crippen LogP contribution in [-0.2, 0) is 4.43 Å². The van der Waals surface area contributed by atoms with Crippen LogP contribution in [0, 0.1) is 0 Å². The van der Waals surface area contributed by atoms with Gasteiger partial charge in [0.25, 0.3) is 0 Å². The zero-order valence-electron chi connectivity index (χ0n) is 12.1. The van der Waals surface area contributed by atoms with Crippen molar-refractivity contribution in [3.8, 4) is 0 Å². The summed E-state index contributed by atoms with van der Waals surface area (Å²) in [5, 5.41) is 0. The molecule has 0 N–H and O–H groups in total. The van der Waals surface area contributed by atoms with Crippen LogP contribution in [0.15, 0.2) is 0 Å². The molecule has 0 spiro atoms. The van der Waals surface area contributed by atoms with Crippen molar-refractivity contribution >= 4 is 9.76 Å². The summed E-state index contributed by atoms with van der Waals surface area (Å²) < 4.78 is 5.67. The van der Waals surface area contributed by atoms with E-state index in [-0.39, 0.29) is 0 Å². The van der Waals surface area contributed by atoms with Gasteiger partial charge >= 0.3 is 0 Å². The van der Waals surface area contributed by atoms with Gasteiger partial charge in [0.2, 0.25) is 9.76 Å². The van der Waals surface area contributed by atoms with Crippen LogP contribution in [0.5, 0.6) is 0 Å². The van der Waals surface area contributed by atoms with Crippen LogP contribution in [0.1, 0.15) is 84.5 Å². The molecule has 0 aromatic rings. The van der Waals surface area contributed by atoms with Crippen molar-refractivity contribution in [1.82, 2.24) is 0 Å². The quantitative estimate of drug-likeness (QED) is 0.300. The summed E-state index contributed by atoms with van der Waals surface area (Å²) >= 11 is 0. The molecule has 0 fully saturated rings. The van der Waals surface area contributed by atoms with E-state index in [0.717, 1.165) is 16.4 Å². The molecular formula is C15H32OSi. The maximum absolute atomic E-state index is 5.67. The van der Waals surface area contributed by atoms with Crippen LogP contribution in [0.3, 0.4) is 0 Å². The maximum Gasteiger partial charge on any atom is 0.229 e. The molecule has 0 aromatic heterocycles. The first-order valence-corrected chi connectivity index (χ1v) is 8.88. The lowest BCUT2D eigenvalue weighted by molar-refractivity contribution is 0.319. The second-order valence-electron chi connectivity index (χ2n) is 4.92. The molecule has 0 saturated heterocycles. The summed E-state index contributed by atoms with van der Waals surface area (Å²) in [6.45, 7) is 5.54. The fraction of sp³-hybridized carbons (Fsp3) is 1.00. The van der Waals surface area contributed by atoms with Crippen molar-refractivity contribution in [2.24, 2.45) is 0 Å². The molecule has 0 aliphatic rings. The predicted molar refractivity (Wildman–Crippen MR) is 78.6 cm³/mol. The fourth-order valence-electron chi connectivity index (χ4n) is 1.90. The van der Waals surface area contributed by atoms with Crippen molar-refractivity contribution in [3.63, 3.8) is 0 Å². The summed E-state index contributed by atoms with van der Waals surface area (Å²) in [7, 11) is 0.756. The Morgan fingerprint density at radius 1 is 0.647 bits per heavy atom. The molecule has 1 nitrogen and oxygen atoms in total. The van der Waals surface area contributed by atoms with Gasteiger partial charge in [0.15, 0.2) is 0 Å². The van der Waals surface area contributed by atoms with E-state index in [1.807, 2.05) is 0 Å². The highest BCUT2D eigenvalue weighted by Gasteiger charge is 1.94. The van der Waals surface area contributed by atoms with Gasteiger partial charge in [0.1, 0.15) is 0 Å². The Morgan fingerprint density at radius 3 is 1.82 bits per heavy atom. The molecule has 102 valence electrons. The van der Waals surface area contributed by atoms with E-state index in [1.165, 1.54) is 76.7 Å². The minimum absolute atomic E-state index is 0.756. The number of rotatable bonds is 14. The van der Waals surface area contributed by atoms with E-state index in [0.29, 0.717) is 0 Å². The van der Waals surface area contributed by atoms with Crippen LogP contribution < -0.4 is 0 Å². The molecule has 2 radical (unpaired) electrons. The number of unbranched alkanes of at least 4 members (excludes halogenated alkanes) is 9. The molecule has 0 rings (SSSR count). The number of hydrogen-bond donors (Lipinski definition) is 0. The first-order valence-electron chi connectivity index (χ1n) is 7.76. The van der Waals surface area contributed by atoms with Gasteiger partial charge in [0.05, 0.1) is 0 Å². The Bertz CT molecular complexity index is 114. The summed E-state index contributed by atoms with van der Waals surface area (Å²) in [5.74, 6) is 0. The van der Waals surface area contributed by atoms with Gasteiger partial charge in [-0.1, -0.05) is 78.1 Å². The molecule has 0 saturated carbocycles. The van der Waals surface area contributed by atoms with Crippen LogP contribution in [0.4, 0.5) is 0 Å². The molecule has 2 heteroatoms. The average molecular weight is 257 g/mol. The van der Waals surface area contributed by atoms with Gasteiger partial charge in [-0.25, -0.2) is 0 Å². The Morgan fingerprint density at radius 2 is 1.18 bits per heavy atom. The Balaban J connectivity index is 2.85. The molecule has 17 heavy (non-hydrogen) atoms. The second kappa shape index (κ2) is 16.2. The third kappa shape index (κ3) is 16.2. The van der Waals surface area contributed by atoms with E-state index in [9.17, 15) is 0 Å². The fourth-order valence-corrected chi connectivity index (χ4v) is 2.73. The zero-order valence-corrected chi connectivity index (χ0v) is 13.1. The topological polar surface area (TPSA) is 9.23 Å². The van der Waals surface area contributed by atoms with E-state index < -0.39 is 0 Å². The summed E-state index contributed by atoms with van der Waals surface area (Å²) in [4.78, 5) is 0. The molecule has 0 aliphatic carbocycles. The first kappa shape index (κ1) is 17.2. The monoisotopic (exact) mass is 256 g/mol. The molecule has 0 unspecified atom stereocenters. The Hall–Kier alpha value is 0.177. The van der Waals surface area contributed by atoms with Gasteiger partial charge in [-0.05, 0) is 12.5 Å². The molecule has 0 amide bonds. The second-order valence-corrected chi connectivity index (χ2v) is 6.00. The first-order chi connectivity index (χ1) is 8.41. The summed E-state index contributed by atoms with van der Waals surface area (Å²) in [6, 6.07) is 1.29. The smallest absolute Gasteiger partial charge is 0.229 e. The van der Waals surface area contributed by atoms with E-state index >= 15 is 0 Å². The zero-order chi connectivity index (χ0) is 12.6. The standard InChI is InChI=1S/C15H32OSi/c1-3-5-7-9-10-11-12-14-16-17-15-13-8-6-4-2/h3-15H2,1-2H3. The van der Waals surface area contributed by atoms with Gasteiger partial charge < -0.3 is 4.43 Å². The minimum atomic E-state index is 0.756. The largest absolute Gasteiger partial charge is 0.417 e. The van der Waals surface area contributed by atoms with E-state index in [1.54, 1.807) is 0 Å². The Kier molecular flexibility index (Phi) is 16.3. The van der Waals surface area contributed by atoms with Crippen LogP contribution >= 0.6 is 0 Å². The van der Waals surface area contributed by atoms with Crippen molar-refractivity contribution in [2.45, 2.75) is 90.5 Å². The average Bonchev–Trinajstić information content (AvgIpc) is 2.35. The molecule has 0 atom stereocenters.